The van der Waals surface area contributed by atoms with Crippen LogP contribution >= 0.6 is 12.2 Å². The predicted octanol–water partition coefficient (Wildman–Crippen LogP) is 1.41. The van der Waals surface area contributed by atoms with Crippen LogP contribution in [-0.2, 0) is 0 Å². The third-order valence-corrected chi connectivity index (χ3v) is 2.14. The van der Waals surface area contributed by atoms with E-state index in [0.717, 1.165) is 11.5 Å². The van der Waals surface area contributed by atoms with Crippen molar-refractivity contribution in [2.45, 2.75) is 45.2 Å². The maximum absolute atomic E-state index is 5.09. The van der Waals surface area contributed by atoms with Crippen molar-refractivity contribution in [1.29, 1.82) is 0 Å². The highest BCUT2D eigenvalue weighted by molar-refractivity contribution is 7.80. The molecule has 0 aliphatic heterocycles. The molecule has 1 atom stereocenters. The smallest absolute Gasteiger partial charge is 0.166 e. The molecule has 0 bridgehead atoms. The average Bonchev–Trinajstić information content (AvgIpc) is 2.71. The molecule has 64 valence electrons. The van der Waals surface area contributed by atoms with Gasteiger partial charge in [-0.05, 0) is 38.4 Å². The molecule has 1 aliphatic carbocycles. The van der Waals surface area contributed by atoms with Gasteiger partial charge >= 0.3 is 0 Å². The van der Waals surface area contributed by atoms with Crippen molar-refractivity contribution < 1.29 is 0 Å². The van der Waals surface area contributed by atoms with E-state index in [1.807, 2.05) is 0 Å². The number of thiocarbonyl (C=S) groups is 1. The molecule has 3 heteroatoms. The molecular weight excluding hydrogens is 156 g/mol. The van der Waals surface area contributed by atoms with Gasteiger partial charge in [0, 0.05) is 12.1 Å². The normalized spacial score (nSPS) is 19.1. The Kier molecular flexibility index (Phi) is 3.12. The molecule has 1 rings (SSSR count). The lowest BCUT2D eigenvalue weighted by Gasteiger charge is -2.14. The van der Waals surface area contributed by atoms with E-state index in [1.165, 1.54) is 12.8 Å². The van der Waals surface area contributed by atoms with Gasteiger partial charge < -0.3 is 10.6 Å². The van der Waals surface area contributed by atoms with Gasteiger partial charge in [-0.3, -0.25) is 0 Å². The number of nitrogens with one attached hydrogen (secondary N) is 2. The predicted molar refractivity (Wildman–Crippen MR) is 51.6 cm³/mol. The maximum atomic E-state index is 5.09. The third kappa shape index (κ3) is 3.56. The van der Waals surface area contributed by atoms with Gasteiger partial charge in [-0.15, -0.1) is 0 Å². The molecule has 0 amide bonds. The van der Waals surface area contributed by atoms with Crippen LogP contribution in [0.25, 0.3) is 0 Å². The Morgan fingerprint density at radius 3 is 2.73 bits per heavy atom. The molecule has 2 nitrogen and oxygen atoms in total. The third-order valence-electron chi connectivity index (χ3n) is 1.90. The maximum Gasteiger partial charge on any atom is 0.166 e. The van der Waals surface area contributed by atoms with Crippen molar-refractivity contribution in [3.8, 4) is 0 Å². The standard InChI is InChI=1S/C8H16N2S/c1-3-6(2)9-8(11)10-7-4-5-7/h6-7H,3-5H2,1-2H3,(H2,9,10,11). The summed E-state index contributed by atoms with van der Waals surface area (Å²) in [4.78, 5) is 0. The highest BCUT2D eigenvalue weighted by Crippen LogP contribution is 2.18. The molecule has 0 heterocycles. The van der Waals surface area contributed by atoms with Crippen LogP contribution in [-0.4, -0.2) is 17.2 Å². The molecular formula is C8H16N2S. The first kappa shape index (κ1) is 8.78. The topological polar surface area (TPSA) is 24.1 Å². The molecule has 11 heavy (non-hydrogen) atoms. The first-order valence-corrected chi connectivity index (χ1v) is 4.70. The Balaban J connectivity index is 2.08. The van der Waals surface area contributed by atoms with Gasteiger partial charge in [-0.2, -0.15) is 0 Å². The lowest BCUT2D eigenvalue weighted by atomic mass is 10.3. The summed E-state index contributed by atoms with van der Waals surface area (Å²) in [7, 11) is 0. The number of rotatable bonds is 3. The summed E-state index contributed by atoms with van der Waals surface area (Å²) in [5.41, 5.74) is 0. The van der Waals surface area contributed by atoms with Crippen molar-refractivity contribution in [3.63, 3.8) is 0 Å². The Labute approximate surface area is 73.7 Å². The highest BCUT2D eigenvalue weighted by atomic mass is 32.1. The van der Waals surface area contributed by atoms with Gasteiger partial charge in [0.25, 0.3) is 0 Å². The Hall–Kier alpha value is -0.310. The van der Waals surface area contributed by atoms with E-state index < -0.39 is 0 Å². The fraction of sp³-hybridized carbons (Fsp3) is 0.875. The van der Waals surface area contributed by atoms with E-state index in [9.17, 15) is 0 Å². The minimum absolute atomic E-state index is 0.494. The van der Waals surface area contributed by atoms with Crippen molar-refractivity contribution in [1.82, 2.24) is 10.6 Å². The summed E-state index contributed by atoms with van der Waals surface area (Å²) in [5.74, 6) is 0. The molecule has 0 aromatic rings. The van der Waals surface area contributed by atoms with Crippen molar-refractivity contribution in [2.75, 3.05) is 0 Å². The average molecular weight is 172 g/mol. The largest absolute Gasteiger partial charge is 0.360 e. The Morgan fingerprint density at radius 1 is 1.64 bits per heavy atom. The molecule has 0 aromatic carbocycles. The van der Waals surface area contributed by atoms with Gasteiger partial charge in [-0.25, -0.2) is 0 Å². The van der Waals surface area contributed by atoms with E-state index in [0.29, 0.717) is 12.1 Å². The molecule has 1 unspecified atom stereocenters. The first-order chi connectivity index (χ1) is 5.22. The Morgan fingerprint density at radius 2 is 2.27 bits per heavy atom. The lowest BCUT2D eigenvalue weighted by molar-refractivity contribution is 0.631. The molecule has 2 N–H and O–H groups in total. The summed E-state index contributed by atoms with van der Waals surface area (Å²) in [5, 5.41) is 7.28. The van der Waals surface area contributed by atoms with Crippen LogP contribution in [0.4, 0.5) is 0 Å². The second-order valence-corrected chi connectivity index (χ2v) is 3.61. The molecule has 1 fully saturated rings. The summed E-state index contributed by atoms with van der Waals surface area (Å²) in [6.45, 7) is 4.29. The summed E-state index contributed by atoms with van der Waals surface area (Å²) in [6.07, 6.45) is 3.68. The molecule has 1 aliphatic rings. The molecule has 1 saturated carbocycles. The van der Waals surface area contributed by atoms with E-state index in [-0.39, 0.29) is 0 Å². The van der Waals surface area contributed by atoms with E-state index in [4.69, 9.17) is 12.2 Å². The fourth-order valence-electron chi connectivity index (χ4n) is 0.781. The zero-order chi connectivity index (χ0) is 8.27. The molecule has 0 saturated heterocycles. The molecule has 0 aromatic heterocycles. The quantitative estimate of drug-likeness (QED) is 0.629. The van der Waals surface area contributed by atoms with Crippen molar-refractivity contribution in [3.05, 3.63) is 0 Å². The zero-order valence-electron chi connectivity index (χ0n) is 7.18. The number of hydrogen-bond acceptors (Lipinski definition) is 1. The van der Waals surface area contributed by atoms with Crippen LogP contribution in [0.15, 0.2) is 0 Å². The van der Waals surface area contributed by atoms with Gasteiger partial charge in [0.05, 0.1) is 0 Å². The SMILES string of the molecule is CCC(C)NC(=S)NC1CC1. The van der Waals surface area contributed by atoms with Crippen LogP contribution in [0, 0.1) is 0 Å². The lowest BCUT2D eigenvalue weighted by Crippen LogP contribution is -2.41. The molecule has 0 radical (unpaired) electrons. The van der Waals surface area contributed by atoms with Crippen LogP contribution in [0.5, 0.6) is 0 Å². The fourth-order valence-corrected chi connectivity index (χ4v) is 1.15. The highest BCUT2D eigenvalue weighted by Gasteiger charge is 2.21. The summed E-state index contributed by atoms with van der Waals surface area (Å²) in [6, 6.07) is 1.16. The van der Waals surface area contributed by atoms with Gasteiger partial charge in [-0.1, -0.05) is 6.92 Å². The summed E-state index contributed by atoms with van der Waals surface area (Å²) < 4.78 is 0. The van der Waals surface area contributed by atoms with Crippen molar-refractivity contribution >= 4 is 17.3 Å². The Bertz CT molecular complexity index is 143. The number of hydrogen-bond donors (Lipinski definition) is 2. The minimum atomic E-state index is 0.494. The first-order valence-electron chi connectivity index (χ1n) is 4.29. The van der Waals surface area contributed by atoms with Crippen LogP contribution in [0.1, 0.15) is 33.1 Å². The van der Waals surface area contributed by atoms with E-state index in [2.05, 4.69) is 24.5 Å². The monoisotopic (exact) mass is 172 g/mol. The van der Waals surface area contributed by atoms with Crippen LogP contribution in [0.3, 0.4) is 0 Å². The van der Waals surface area contributed by atoms with Crippen molar-refractivity contribution in [2.24, 2.45) is 0 Å². The van der Waals surface area contributed by atoms with Crippen LogP contribution < -0.4 is 10.6 Å². The van der Waals surface area contributed by atoms with Gasteiger partial charge in [0.15, 0.2) is 5.11 Å². The second kappa shape index (κ2) is 3.90. The van der Waals surface area contributed by atoms with Gasteiger partial charge in [0.1, 0.15) is 0 Å². The van der Waals surface area contributed by atoms with E-state index in [1.54, 1.807) is 0 Å². The molecule has 0 spiro atoms. The second-order valence-electron chi connectivity index (χ2n) is 3.20. The minimum Gasteiger partial charge on any atom is -0.360 e. The van der Waals surface area contributed by atoms with E-state index >= 15 is 0 Å². The zero-order valence-corrected chi connectivity index (χ0v) is 8.00. The van der Waals surface area contributed by atoms with Crippen LogP contribution in [0.2, 0.25) is 0 Å². The summed E-state index contributed by atoms with van der Waals surface area (Å²) >= 11 is 5.09. The van der Waals surface area contributed by atoms with Gasteiger partial charge in [0.2, 0.25) is 0 Å².